The molecule has 0 unspecified atom stereocenters. The summed E-state index contributed by atoms with van der Waals surface area (Å²) in [7, 11) is 0. The molecule has 1 aromatic rings. The average Bonchev–Trinajstić information content (AvgIpc) is 2.28. The number of rotatable bonds is 0. The number of nitrogens with zero attached hydrogens (tertiary/aromatic N) is 1. The quantitative estimate of drug-likeness (QED) is 0.713. The largest absolute Gasteiger partial charge is 0.382 e. The third-order valence-corrected chi connectivity index (χ3v) is 2.25. The van der Waals surface area contributed by atoms with Gasteiger partial charge in [-0.1, -0.05) is 0 Å². The SMILES string of the molecule is Brc1cnc2c(c1)NCCCN2. The minimum Gasteiger partial charge on any atom is -0.382 e. The Kier molecular flexibility index (Phi) is 2.17. The smallest absolute Gasteiger partial charge is 0.149 e. The highest BCUT2D eigenvalue weighted by atomic mass is 79.9. The lowest BCUT2D eigenvalue weighted by atomic mass is 10.4. The van der Waals surface area contributed by atoms with Gasteiger partial charge < -0.3 is 10.6 Å². The van der Waals surface area contributed by atoms with Crippen LogP contribution in [-0.4, -0.2) is 18.1 Å². The molecule has 1 aliphatic rings. The molecule has 0 saturated carbocycles. The van der Waals surface area contributed by atoms with Gasteiger partial charge in [0.15, 0.2) is 0 Å². The first kappa shape index (κ1) is 7.86. The maximum absolute atomic E-state index is 4.26. The molecule has 0 fully saturated rings. The van der Waals surface area contributed by atoms with Gasteiger partial charge in [0, 0.05) is 23.8 Å². The number of nitrogens with one attached hydrogen (secondary N) is 2. The van der Waals surface area contributed by atoms with Gasteiger partial charge in [0.25, 0.3) is 0 Å². The summed E-state index contributed by atoms with van der Waals surface area (Å²) in [6, 6.07) is 2.04. The number of anilines is 2. The Bertz CT molecular complexity index is 288. The van der Waals surface area contributed by atoms with Gasteiger partial charge in [-0.3, -0.25) is 0 Å². The Morgan fingerprint density at radius 3 is 3.08 bits per heavy atom. The molecule has 0 bridgehead atoms. The molecule has 1 aliphatic heterocycles. The van der Waals surface area contributed by atoms with Crippen molar-refractivity contribution in [2.45, 2.75) is 6.42 Å². The number of aromatic nitrogens is 1. The fourth-order valence-corrected chi connectivity index (χ4v) is 1.56. The average molecular weight is 228 g/mol. The van der Waals surface area contributed by atoms with Crippen LogP contribution in [0.2, 0.25) is 0 Å². The fraction of sp³-hybridized carbons (Fsp3) is 0.375. The molecule has 2 heterocycles. The third kappa shape index (κ3) is 1.53. The van der Waals surface area contributed by atoms with E-state index in [0.29, 0.717) is 0 Å². The Morgan fingerprint density at radius 1 is 1.33 bits per heavy atom. The minimum absolute atomic E-state index is 0.954. The normalized spacial score (nSPS) is 15.4. The lowest BCUT2D eigenvalue weighted by Gasteiger charge is -2.06. The Hall–Kier alpha value is -0.770. The molecule has 0 aliphatic carbocycles. The maximum Gasteiger partial charge on any atom is 0.149 e. The van der Waals surface area contributed by atoms with Crippen molar-refractivity contribution in [3.8, 4) is 0 Å². The summed E-state index contributed by atoms with van der Waals surface area (Å²) in [6.45, 7) is 2.01. The summed E-state index contributed by atoms with van der Waals surface area (Å²) in [5.41, 5.74) is 1.09. The first-order valence-electron chi connectivity index (χ1n) is 3.99. The second-order valence-corrected chi connectivity index (χ2v) is 3.67. The van der Waals surface area contributed by atoms with Crippen molar-refractivity contribution >= 4 is 27.4 Å². The van der Waals surface area contributed by atoms with Crippen LogP contribution in [0.3, 0.4) is 0 Å². The van der Waals surface area contributed by atoms with Crippen molar-refractivity contribution in [3.63, 3.8) is 0 Å². The predicted molar refractivity (Wildman–Crippen MR) is 53.5 cm³/mol. The number of halogens is 1. The molecule has 0 spiro atoms. The predicted octanol–water partition coefficient (Wildman–Crippen LogP) is 2.07. The van der Waals surface area contributed by atoms with Crippen molar-refractivity contribution < 1.29 is 0 Å². The van der Waals surface area contributed by atoms with Gasteiger partial charge in [0.05, 0.1) is 5.69 Å². The lowest BCUT2D eigenvalue weighted by Crippen LogP contribution is -2.01. The summed E-state index contributed by atoms with van der Waals surface area (Å²) >= 11 is 3.39. The highest BCUT2D eigenvalue weighted by molar-refractivity contribution is 9.10. The number of hydrogen-bond acceptors (Lipinski definition) is 3. The fourth-order valence-electron chi connectivity index (χ4n) is 1.23. The second kappa shape index (κ2) is 3.31. The standard InChI is InChI=1S/C8H10BrN3/c9-6-4-7-8(12-5-6)11-3-1-2-10-7/h4-5,10H,1-3H2,(H,11,12). The molecular formula is C8H10BrN3. The van der Waals surface area contributed by atoms with E-state index < -0.39 is 0 Å². The van der Waals surface area contributed by atoms with E-state index in [2.05, 4.69) is 31.5 Å². The first-order chi connectivity index (χ1) is 5.86. The molecular weight excluding hydrogens is 218 g/mol. The van der Waals surface area contributed by atoms with E-state index in [0.717, 1.165) is 35.5 Å². The zero-order chi connectivity index (χ0) is 8.39. The highest BCUT2D eigenvalue weighted by Crippen LogP contribution is 2.24. The molecule has 12 heavy (non-hydrogen) atoms. The van der Waals surface area contributed by atoms with Gasteiger partial charge in [-0.25, -0.2) is 4.98 Å². The highest BCUT2D eigenvalue weighted by Gasteiger charge is 2.06. The lowest BCUT2D eigenvalue weighted by molar-refractivity contribution is 0.926. The summed E-state index contributed by atoms with van der Waals surface area (Å²) in [5.74, 6) is 0.954. The van der Waals surface area contributed by atoms with Crippen molar-refractivity contribution in [2.75, 3.05) is 23.7 Å². The van der Waals surface area contributed by atoms with Crippen LogP contribution in [0.25, 0.3) is 0 Å². The molecule has 64 valence electrons. The molecule has 0 radical (unpaired) electrons. The monoisotopic (exact) mass is 227 g/mol. The Labute approximate surface area is 79.7 Å². The van der Waals surface area contributed by atoms with Crippen molar-refractivity contribution in [3.05, 3.63) is 16.7 Å². The van der Waals surface area contributed by atoms with E-state index in [1.54, 1.807) is 6.20 Å². The topological polar surface area (TPSA) is 37.0 Å². The summed E-state index contributed by atoms with van der Waals surface area (Å²) < 4.78 is 1.01. The van der Waals surface area contributed by atoms with Crippen LogP contribution in [0.1, 0.15) is 6.42 Å². The van der Waals surface area contributed by atoms with E-state index in [1.165, 1.54) is 0 Å². The molecule has 0 atom stereocenters. The Morgan fingerprint density at radius 2 is 2.17 bits per heavy atom. The minimum atomic E-state index is 0.954. The molecule has 1 aromatic heterocycles. The summed E-state index contributed by atoms with van der Waals surface area (Å²) in [6.07, 6.45) is 2.94. The Balaban J connectivity index is 2.36. The number of pyridine rings is 1. The van der Waals surface area contributed by atoms with Gasteiger partial charge >= 0.3 is 0 Å². The van der Waals surface area contributed by atoms with Gasteiger partial charge in [-0.2, -0.15) is 0 Å². The zero-order valence-electron chi connectivity index (χ0n) is 6.60. The summed E-state index contributed by atoms with van der Waals surface area (Å²) in [5, 5.41) is 6.57. The zero-order valence-corrected chi connectivity index (χ0v) is 8.19. The van der Waals surface area contributed by atoms with Crippen LogP contribution < -0.4 is 10.6 Å². The first-order valence-corrected chi connectivity index (χ1v) is 4.79. The van der Waals surface area contributed by atoms with Crippen molar-refractivity contribution in [1.82, 2.24) is 4.98 Å². The molecule has 2 rings (SSSR count). The van der Waals surface area contributed by atoms with Gasteiger partial charge in [0.1, 0.15) is 5.82 Å². The molecule has 0 saturated heterocycles. The van der Waals surface area contributed by atoms with Gasteiger partial charge in [-0.05, 0) is 28.4 Å². The van der Waals surface area contributed by atoms with Crippen LogP contribution in [0, 0.1) is 0 Å². The third-order valence-electron chi connectivity index (χ3n) is 1.82. The van der Waals surface area contributed by atoms with E-state index in [1.807, 2.05) is 6.07 Å². The van der Waals surface area contributed by atoms with E-state index in [4.69, 9.17) is 0 Å². The second-order valence-electron chi connectivity index (χ2n) is 2.76. The maximum atomic E-state index is 4.26. The van der Waals surface area contributed by atoms with Crippen LogP contribution >= 0.6 is 15.9 Å². The van der Waals surface area contributed by atoms with Crippen molar-refractivity contribution in [2.24, 2.45) is 0 Å². The number of hydrogen-bond donors (Lipinski definition) is 2. The van der Waals surface area contributed by atoms with Crippen LogP contribution in [0.5, 0.6) is 0 Å². The van der Waals surface area contributed by atoms with Crippen LogP contribution in [-0.2, 0) is 0 Å². The molecule has 3 nitrogen and oxygen atoms in total. The molecule has 0 aromatic carbocycles. The van der Waals surface area contributed by atoms with Gasteiger partial charge in [-0.15, -0.1) is 0 Å². The summed E-state index contributed by atoms with van der Waals surface area (Å²) in [4.78, 5) is 4.26. The molecule has 0 amide bonds. The van der Waals surface area contributed by atoms with Crippen LogP contribution in [0.4, 0.5) is 11.5 Å². The molecule has 2 N–H and O–H groups in total. The molecule has 4 heteroatoms. The number of fused-ring (bicyclic) bond motifs is 1. The van der Waals surface area contributed by atoms with Crippen molar-refractivity contribution in [1.29, 1.82) is 0 Å². The van der Waals surface area contributed by atoms with E-state index in [-0.39, 0.29) is 0 Å². The van der Waals surface area contributed by atoms with Gasteiger partial charge in [0.2, 0.25) is 0 Å². The van der Waals surface area contributed by atoms with E-state index >= 15 is 0 Å². The van der Waals surface area contributed by atoms with Crippen LogP contribution in [0.15, 0.2) is 16.7 Å². The van der Waals surface area contributed by atoms with E-state index in [9.17, 15) is 0 Å².